The molecule has 1 aromatic rings. The molecule has 5 heteroatoms. The summed E-state index contributed by atoms with van der Waals surface area (Å²) in [6, 6.07) is 2.98. The first-order valence-corrected chi connectivity index (χ1v) is 6.85. The van der Waals surface area contributed by atoms with E-state index in [0.29, 0.717) is 28.9 Å². The Bertz CT molecular complexity index is 447. The van der Waals surface area contributed by atoms with Crippen LogP contribution in [-0.4, -0.2) is 17.6 Å². The highest BCUT2D eigenvalue weighted by atomic mass is 35.5. The van der Waals surface area contributed by atoms with Gasteiger partial charge in [-0.2, -0.15) is 0 Å². The Labute approximate surface area is 118 Å². The van der Waals surface area contributed by atoms with Crippen LogP contribution < -0.4 is 11.1 Å². The van der Waals surface area contributed by atoms with Crippen molar-refractivity contribution < 1.29 is 9.90 Å². The number of carboxylic acids is 1. The Hall–Kier alpha value is -1.42. The molecular weight excluding hydrogens is 264 g/mol. The quantitative estimate of drug-likeness (QED) is 0.525. The number of carboxylic acid groups (broad SMARTS) is 1. The molecule has 0 fully saturated rings. The molecular formula is C14H21ClN2O2. The van der Waals surface area contributed by atoms with E-state index in [4.69, 9.17) is 22.4 Å². The summed E-state index contributed by atoms with van der Waals surface area (Å²) in [4.78, 5) is 11.2. The standard InChI is InChI=1S/C14H21ClN2O2/c1-9(2)5-3-4-6-17-13-11(14(18)19)7-10(16)8-12(13)15/h7-9,17H,3-6,16H2,1-2H3,(H,18,19). The first kappa shape index (κ1) is 15.6. The van der Waals surface area contributed by atoms with Crippen LogP contribution in [0.1, 0.15) is 43.5 Å². The van der Waals surface area contributed by atoms with Gasteiger partial charge in [0.2, 0.25) is 0 Å². The minimum atomic E-state index is -1.03. The number of anilines is 2. The Balaban J connectivity index is 2.64. The predicted molar refractivity (Wildman–Crippen MR) is 80.0 cm³/mol. The topological polar surface area (TPSA) is 75.3 Å². The molecule has 0 saturated heterocycles. The molecule has 0 amide bonds. The third-order valence-corrected chi connectivity index (χ3v) is 3.15. The van der Waals surface area contributed by atoms with Gasteiger partial charge in [-0.1, -0.05) is 38.3 Å². The van der Waals surface area contributed by atoms with Gasteiger partial charge in [-0.25, -0.2) is 4.79 Å². The monoisotopic (exact) mass is 284 g/mol. The van der Waals surface area contributed by atoms with E-state index >= 15 is 0 Å². The molecule has 0 aliphatic carbocycles. The van der Waals surface area contributed by atoms with Crippen molar-refractivity contribution in [3.8, 4) is 0 Å². The van der Waals surface area contributed by atoms with Gasteiger partial charge in [-0.05, 0) is 24.5 Å². The molecule has 4 nitrogen and oxygen atoms in total. The zero-order valence-corrected chi connectivity index (χ0v) is 12.1. The third kappa shape index (κ3) is 4.99. The molecule has 0 bridgehead atoms. The average molecular weight is 285 g/mol. The first-order valence-electron chi connectivity index (χ1n) is 6.48. The number of nitrogen functional groups attached to an aromatic ring is 1. The molecule has 1 rings (SSSR count). The van der Waals surface area contributed by atoms with Crippen LogP contribution in [0.15, 0.2) is 12.1 Å². The van der Waals surface area contributed by atoms with Crippen LogP contribution in [0.4, 0.5) is 11.4 Å². The van der Waals surface area contributed by atoms with Gasteiger partial charge >= 0.3 is 5.97 Å². The molecule has 0 spiro atoms. The number of nitrogens with one attached hydrogen (secondary N) is 1. The van der Waals surface area contributed by atoms with Crippen molar-refractivity contribution in [2.45, 2.75) is 33.1 Å². The van der Waals surface area contributed by atoms with Crippen molar-refractivity contribution in [1.82, 2.24) is 0 Å². The predicted octanol–water partition coefficient (Wildman–Crippen LogP) is 3.86. The lowest BCUT2D eigenvalue weighted by Gasteiger charge is -2.12. The van der Waals surface area contributed by atoms with Gasteiger partial charge in [0.05, 0.1) is 16.3 Å². The summed E-state index contributed by atoms with van der Waals surface area (Å²) in [5.74, 6) is -0.339. The second-order valence-corrected chi connectivity index (χ2v) is 5.45. The lowest BCUT2D eigenvalue weighted by Crippen LogP contribution is -2.09. The van der Waals surface area contributed by atoms with Gasteiger partial charge in [-0.15, -0.1) is 0 Å². The van der Waals surface area contributed by atoms with Crippen LogP contribution in [0, 0.1) is 5.92 Å². The smallest absolute Gasteiger partial charge is 0.337 e. The highest BCUT2D eigenvalue weighted by molar-refractivity contribution is 6.34. The number of hydrogen-bond acceptors (Lipinski definition) is 3. The maximum absolute atomic E-state index is 11.2. The molecule has 106 valence electrons. The van der Waals surface area contributed by atoms with Gasteiger partial charge < -0.3 is 16.2 Å². The van der Waals surface area contributed by atoms with E-state index < -0.39 is 5.97 Å². The Kier molecular flexibility index (Phi) is 5.96. The number of hydrogen-bond donors (Lipinski definition) is 3. The summed E-state index contributed by atoms with van der Waals surface area (Å²) in [7, 11) is 0. The molecule has 0 aliphatic heterocycles. The zero-order valence-electron chi connectivity index (χ0n) is 11.4. The second-order valence-electron chi connectivity index (χ2n) is 5.05. The maximum Gasteiger partial charge on any atom is 0.337 e. The lowest BCUT2D eigenvalue weighted by molar-refractivity contribution is 0.0698. The van der Waals surface area contributed by atoms with Gasteiger partial charge in [-0.3, -0.25) is 0 Å². The van der Waals surface area contributed by atoms with E-state index in [-0.39, 0.29) is 5.56 Å². The van der Waals surface area contributed by atoms with Gasteiger partial charge in [0.25, 0.3) is 0 Å². The number of rotatable bonds is 7. The fraction of sp³-hybridized carbons (Fsp3) is 0.500. The van der Waals surface area contributed by atoms with Crippen LogP contribution in [-0.2, 0) is 0 Å². The van der Waals surface area contributed by atoms with Crippen molar-refractivity contribution in [2.75, 3.05) is 17.6 Å². The zero-order chi connectivity index (χ0) is 14.4. The van der Waals surface area contributed by atoms with Crippen LogP contribution in [0.3, 0.4) is 0 Å². The first-order chi connectivity index (χ1) is 8.91. The summed E-state index contributed by atoms with van der Waals surface area (Å²) < 4.78 is 0. The van der Waals surface area contributed by atoms with Gasteiger partial charge in [0.1, 0.15) is 0 Å². The fourth-order valence-corrected chi connectivity index (χ4v) is 2.16. The molecule has 0 heterocycles. The number of halogens is 1. The molecule has 19 heavy (non-hydrogen) atoms. The Morgan fingerprint density at radius 1 is 1.42 bits per heavy atom. The van der Waals surface area contributed by atoms with Crippen molar-refractivity contribution in [1.29, 1.82) is 0 Å². The molecule has 1 aromatic carbocycles. The summed E-state index contributed by atoms with van der Waals surface area (Å²) in [5.41, 5.74) is 6.53. The SMILES string of the molecule is CC(C)CCCCNc1c(Cl)cc(N)cc1C(=O)O. The third-order valence-electron chi connectivity index (χ3n) is 2.85. The molecule has 0 radical (unpaired) electrons. The van der Waals surface area contributed by atoms with E-state index in [1.54, 1.807) is 6.07 Å². The van der Waals surface area contributed by atoms with Crippen molar-refractivity contribution >= 4 is 28.9 Å². The summed E-state index contributed by atoms with van der Waals surface area (Å²) >= 11 is 6.04. The largest absolute Gasteiger partial charge is 0.478 e. The normalized spacial score (nSPS) is 10.7. The number of aromatic carboxylic acids is 1. The van der Waals surface area contributed by atoms with E-state index in [1.165, 1.54) is 12.5 Å². The van der Waals surface area contributed by atoms with Crippen LogP contribution >= 0.6 is 11.6 Å². The summed E-state index contributed by atoms with van der Waals surface area (Å²) in [5, 5.41) is 12.6. The highest BCUT2D eigenvalue weighted by Gasteiger charge is 2.14. The Morgan fingerprint density at radius 3 is 2.68 bits per heavy atom. The van der Waals surface area contributed by atoms with Crippen LogP contribution in [0.5, 0.6) is 0 Å². The summed E-state index contributed by atoms with van der Waals surface area (Å²) in [6.45, 7) is 5.08. The van der Waals surface area contributed by atoms with Crippen molar-refractivity contribution in [3.05, 3.63) is 22.7 Å². The lowest BCUT2D eigenvalue weighted by atomic mass is 10.1. The average Bonchev–Trinajstić information content (AvgIpc) is 2.29. The van der Waals surface area contributed by atoms with Crippen LogP contribution in [0.25, 0.3) is 0 Å². The molecule has 4 N–H and O–H groups in total. The Morgan fingerprint density at radius 2 is 2.11 bits per heavy atom. The summed E-state index contributed by atoms with van der Waals surface area (Å²) in [6.07, 6.45) is 3.26. The number of nitrogens with two attached hydrogens (primary N) is 1. The van der Waals surface area contributed by atoms with E-state index in [2.05, 4.69) is 19.2 Å². The van der Waals surface area contributed by atoms with Gasteiger partial charge in [0, 0.05) is 12.2 Å². The van der Waals surface area contributed by atoms with Crippen molar-refractivity contribution in [3.63, 3.8) is 0 Å². The number of benzene rings is 1. The second kappa shape index (κ2) is 7.24. The minimum Gasteiger partial charge on any atom is -0.478 e. The number of unbranched alkanes of at least 4 members (excludes halogenated alkanes) is 1. The molecule has 0 aromatic heterocycles. The minimum absolute atomic E-state index is 0.119. The molecule has 0 saturated carbocycles. The number of carbonyl (C=O) groups is 1. The van der Waals surface area contributed by atoms with E-state index in [1.807, 2.05) is 0 Å². The fourth-order valence-electron chi connectivity index (χ4n) is 1.87. The van der Waals surface area contributed by atoms with E-state index in [0.717, 1.165) is 12.8 Å². The molecule has 0 aliphatic rings. The molecule has 0 unspecified atom stereocenters. The maximum atomic E-state index is 11.2. The van der Waals surface area contributed by atoms with E-state index in [9.17, 15) is 4.79 Å². The molecule has 0 atom stereocenters. The van der Waals surface area contributed by atoms with Crippen LogP contribution in [0.2, 0.25) is 5.02 Å². The highest BCUT2D eigenvalue weighted by Crippen LogP contribution is 2.29. The van der Waals surface area contributed by atoms with Crippen molar-refractivity contribution in [2.24, 2.45) is 5.92 Å². The van der Waals surface area contributed by atoms with Gasteiger partial charge in [0.15, 0.2) is 0 Å².